The van der Waals surface area contributed by atoms with Crippen LogP contribution in [0.4, 0.5) is 10.1 Å². The minimum absolute atomic E-state index is 0. The Hall–Kier alpha value is -2.91. The average Bonchev–Trinajstić information content (AvgIpc) is 3.24. The molecule has 1 heterocycles. The number of carboxylic acid groups (broad SMARTS) is 1. The number of hydrogen-bond acceptors (Lipinski definition) is 5. The van der Waals surface area contributed by atoms with Crippen LogP contribution in [0.1, 0.15) is 11.8 Å². The van der Waals surface area contributed by atoms with Crippen molar-refractivity contribution in [2.24, 2.45) is 0 Å². The predicted molar refractivity (Wildman–Crippen MR) is 113 cm³/mol. The van der Waals surface area contributed by atoms with E-state index in [9.17, 15) is 24.4 Å². The van der Waals surface area contributed by atoms with Crippen molar-refractivity contribution in [1.29, 1.82) is 0 Å². The van der Waals surface area contributed by atoms with E-state index in [0.717, 1.165) is 5.56 Å². The van der Waals surface area contributed by atoms with Crippen molar-refractivity contribution in [3.8, 4) is 33.0 Å². The van der Waals surface area contributed by atoms with Gasteiger partial charge in [-0.3, -0.25) is 10.1 Å². The second-order valence-corrected chi connectivity index (χ2v) is 7.24. The molecule has 6 nitrogen and oxygen atoms in total. The number of thiazole rings is 1. The van der Waals surface area contributed by atoms with Crippen molar-refractivity contribution in [1.82, 2.24) is 4.98 Å². The van der Waals surface area contributed by atoms with Gasteiger partial charge in [0.05, 0.1) is 21.7 Å². The van der Waals surface area contributed by atoms with Gasteiger partial charge >= 0.3 is 35.5 Å². The Morgan fingerprint density at radius 1 is 1.03 bits per heavy atom. The average molecular weight is 444 g/mol. The van der Waals surface area contributed by atoms with Crippen molar-refractivity contribution in [3.63, 3.8) is 0 Å². The largest absolute Gasteiger partial charge is 1.00 e. The molecule has 1 N–H and O–H groups in total. The van der Waals surface area contributed by atoms with Gasteiger partial charge in [-0.05, 0) is 36.4 Å². The predicted octanol–water partition coefficient (Wildman–Crippen LogP) is 3.01. The Kier molecular flexibility index (Phi) is 6.97. The molecule has 0 radical (unpaired) electrons. The zero-order chi connectivity index (χ0) is 21.3. The monoisotopic (exact) mass is 444 g/mol. The van der Waals surface area contributed by atoms with Crippen LogP contribution in [0.2, 0.25) is 0 Å². The van der Waals surface area contributed by atoms with Crippen LogP contribution in [0.5, 0.6) is 0 Å². The summed E-state index contributed by atoms with van der Waals surface area (Å²) in [7, 11) is 0. The Labute approximate surface area is 204 Å². The Morgan fingerprint density at radius 2 is 1.71 bits per heavy atom. The summed E-state index contributed by atoms with van der Waals surface area (Å²) in [5.41, 5.74) is 2.24. The van der Waals surface area contributed by atoms with Gasteiger partial charge in [0, 0.05) is 28.1 Å². The smallest absolute Gasteiger partial charge is 1.00 e. The van der Waals surface area contributed by atoms with E-state index in [1.807, 2.05) is 0 Å². The van der Waals surface area contributed by atoms with Crippen molar-refractivity contribution in [2.45, 2.75) is 0 Å². The van der Waals surface area contributed by atoms with Gasteiger partial charge in [-0.15, -0.1) is 11.3 Å². The van der Waals surface area contributed by atoms with Crippen LogP contribution in [0.25, 0.3) is 33.0 Å². The topological polar surface area (TPSA) is 93.3 Å². The van der Waals surface area contributed by atoms with Crippen molar-refractivity contribution in [3.05, 3.63) is 93.6 Å². The molecule has 0 atom stereocenters. The summed E-state index contributed by atoms with van der Waals surface area (Å²) in [5.74, 6) is -1.54. The molecule has 0 unspecified atom stereocenters. The van der Waals surface area contributed by atoms with E-state index < -0.39 is 10.9 Å². The fourth-order valence-corrected chi connectivity index (χ4v) is 3.94. The first-order valence-electron chi connectivity index (χ1n) is 8.77. The van der Waals surface area contributed by atoms with Gasteiger partial charge in [0.25, 0.3) is 5.69 Å². The Bertz CT molecular complexity index is 1280. The second kappa shape index (κ2) is 9.49. The fourth-order valence-electron chi connectivity index (χ4n) is 3.11. The molecule has 31 heavy (non-hydrogen) atoms. The molecule has 150 valence electrons. The zero-order valence-corrected chi connectivity index (χ0v) is 19.1. The van der Waals surface area contributed by atoms with Gasteiger partial charge in [0.15, 0.2) is 0 Å². The number of aromatic nitrogens is 1. The summed E-state index contributed by atoms with van der Waals surface area (Å²) in [6, 6.07) is 16.6. The normalized spacial score (nSPS) is 10.4. The van der Waals surface area contributed by atoms with Crippen molar-refractivity contribution < 1.29 is 50.2 Å². The Balaban J connectivity index is 0.00000181. The molecular formula is C22H14FN2NaO4S. The zero-order valence-electron chi connectivity index (χ0n) is 17.3. The van der Waals surface area contributed by atoms with Gasteiger partial charge in [-0.2, -0.15) is 0 Å². The minimum Gasteiger partial charge on any atom is -1.00 e. The van der Waals surface area contributed by atoms with E-state index in [4.69, 9.17) is 0 Å². The molecule has 0 saturated heterocycles. The van der Waals surface area contributed by atoms with E-state index in [1.54, 1.807) is 35.7 Å². The van der Waals surface area contributed by atoms with Crippen LogP contribution in [0, 0.1) is 15.9 Å². The summed E-state index contributed by atoms with van der Waals surface area (Å²) >= 11 is 1.33. The van der Waals surface area contributed by atoms with E-state index in [0.29, 0.717) is 16.3 Å². The van der Waals surface area contributed by atoms with Crippen molar-refractivity contribution >= 4 is 23.0 Å². The molecule has 0 amide bonds. The number of rotatable bonds is 5. The summed E-state index contributed by atoms with van der Waals surface area (Å²) in [5, 5.41) is 23.5. The van der Waals surface area contributed by atoms with Gasteiger partial charge in [-0.25, -0.2) is 14.2 Å². The first-order chi connectivity index (χ1) is 14.4. The second-order valence-electron chi connectivity index (χ2n) is 6.38. The maximum Gasteiger partial charge on any atom is 1.00 e. The van der Waals surface area contributed by atoms with E-state index in [2.05, 4.69) is 4.98 Å². The third-order valence-electron chi connectivity index (χ3n) is 4.53. The number of carbonyl (C=O) groups is 1. The summed E-state index contributed by atoms with van der Waals surface area (Å²) < 4.78 is 13.1. The maximum absolute atomic E-state index is 13.1. The van der Waals surface area contributed by atoms with Gasteiger partial charge < -0.3 is 6.53 Å². The van der Waals surface area contributed by atoms with Crippen LogP contribution in [-0.2, 0) is 0 Å². The van der Waals surface area contributed by atoms with Crippen LogP contribution >= 0.6 is 11.3 Å². The summed E-state index contributed by atoms with van der Waals surface area (Å²) in [4.78, 5) is 27.2. The molecule has 0 saturated carbocycles. The number of nitro benzene ring substituents is 1. The van der Waals surface area contributed by atoms with E-state index in [1.165, 1.54) is 47.7 Å². The molecule has 4 rings (SSSR count). The maximum atomic E-state index is 13.1. The van der Waals surface area contributed by atoms with Crippen molar-refractivity contribution in [2.75, 3.05) is 0 Å². The number of nitrogens with zero attached hydrogens (tertiary/aromatic N) is 2. The van der Waals surface area contributed by atoms with E-state index >= 15 is 0 Å². The number of nitro groups is 1. The van der Waals surface area contributed by atoms with Crippen LogP contribution in [0.3, 0.4) is 0 Å². The van der Waals surface area contributed by atoms with Gasteiger partial charge in [-0.1, -0.05) is 24.3 Å². The van der Waals surface area contributed by atoms with E-state index in [-0.39, 0.29) is 59.2 Å². The number of benzene rings is 3. The number of hydrogen-bond donors (Lipinski definition) is 1. The summed E-state index contributed by atoms with van der Waals surface area (Å²) in [6.45, 7) is 0. The van der Waals surface area contributed by atoms with Crippen LogP contribution in [-0.4, -0.2) is 21.0 Å². The molecule has 1 aromatic heterocycles. The SMILES string of the molecule is O=C(O)c1cc(-c2nc(-c3ccc(F)cc3)cs2)ccc1-c1ccccc1[N+](=O)[O-].[H-].[Na+]. The van der Waals surface area contributed by atoms with Gasteiger partial charge in [0.2, 0.25) is 0 Å². The van der Waals surface area contributed by atoms with Crippen LogP contribution < -0.4 is 29.6 Å². The fraction of sp³-hybridized carbons (Fsp3) is 0. The number of carboxylic acids is 1. The number of para-hydroxylation sites is 1. The van der Waals surface area contributed by atoms with Crippen LogP contribution in [0.15, 0.2) is 72.1 Å². The third kappa shape index (κ3) is 4.72. The molecule has 0 aliphatic carbocycles. The first kappa shape index (κ1) is 22.8. The Morgan fingerprint density at radius 3 is 2.39 bits per heavy atom. The molecule has 9 heteroatoms. The molecule has 0 spiro atoms. The molecule has 0 aliphatic rings. The molecular weight excluding hydrogens is 430 g/mol. The molecule has 0 bridgehead atoms. The standard InChI is InChI=1S/C22H13FN2O4S.Na.H/c23-15-8-5-13(6-9-15)19-12-30-21(24-19)14-7-10-16(18(11-14)22(26)27)17-3-1-2-4-20(17)25(28)29;;/h1-12H,(H,26,27);;/q;+1;-1. The molecule has 0 fully saturated rings. The minimum atomic E-state index is -1.19. The summed E-state index contributed by atoms with van der Waals surface area (Å²) in [6.07, 6.45) is 0. The molecule has 0 aliphatic heterocycles. The molecule has 3 aromatic carbocycles. The number of halogens is 1. The van der Waals surface area contributed by atoms with Gasteiger partial charge in [0.1, 0.15) is 10.8 Å². The quantitative estimate of drug-likeness (QED) is 0.290. The first-order valence-corrected chi connectivity index (χ1v) is 9.65. The molecule has 4 aromatic rings. The number of aromatic carboxylic acids is 1. The third-order valence-corrected chi connectivity index (χ3v) is 5.42.